The molecule has 0 aliphatic carbocycles. The van der Waals surface area contributed by atoms with Crippen LogP contribution in [0.5, 0.6) is 0 Å². The highest BCUT2D eigenvalue weighted by Crippen LogP contribution is 2.17. The number of aromatic nitrogens is 3. The number of pyridine rings is 1. The topological polar surface area (TPSA) is 90.6 Å². The monoisotopic (exact) mass is 268 g/mol. The number of anilines is 1. The lowest BCUT2D eigenvalue weighted by molar-refractivity contribution is 0.976. The summed E-state index contributed by atoms with van der Waals surface area (Å²) in [6.07, 6.45) is 3.45. The maximum Gasteiger partial charge on any atom is 0.272 e. The van der Waals surface area contributed by atoms with Gasteiger partial charge in [-0.05, 0) is 23.8 Å². The van der Waals surface area contributed by atoms with Crippen LogP contribution in [0.2, 0.25) is 0 Å². The van der Waals surface area contributed by atoms with Crippen LogP contribution < -0.4 is 16.4 Å². The van der Waals surface area contributed by atoms with Crippen molar-refractivity contribution >= 4 is 16.5 Å². The summed E-state index contributed by atoms with van der Waals surface area (Å²) in [5.41, 5.74) is 0.975. The average molecular weight is 268 g/mol. The third-order valence-electron chi connectivity index (χ3n) is 3.03. The molecule has 0 spiro atoms. The Labute approximate surface area is 113 Å². The molecule has 1 aromatic carbocycles. The normalized spacial score (nSPS) is 10.6. The Morgan fingerprint density at radius 3 is 2.70 bits per heavy atom. The minimum atomic E-state index is -0.325. The summed E-state index contributed by atoms with van der Waals surface area (Å²) >= 11 is 0. The van der Waals surface area contributed by atoms with Gasteiger partial charge in [0.2, 0.25) is 0 Å². The zero-order valence-electron chi connectivity index (χ0n) is 10.5. The number of H-pyrrole nitrogens is 2. The average Bonchev–Trinajstić information content (AvgIpc) is 2.50. The van der Waals surface area contributed by atoms with Crippen molar-refractivity contribution in [3.8, 4) is 0 Å². The van der Waals surface area contributed by atoms with Crippen molar-refractivity contribution in [2.24, 2.45) is 0 Å². The Balaban J connectivity index is 2.02. The highest BCUT2D eigenvalue weighted by Gasteiger charge is 2.07. The van der Waals surface area contributed by atoms with E-state index in [1.165, 1.54) is 0 Å². The molecule has 3 aromatic rings. The lowest BCUT2D eigenvalue weighted by Crippen LogP contribution is -2.20. The summed E-state index contributed by atoms with van der Waals surface area (Å²) in [7, 11) is 0. The fourth-order valence-electron chi connectivity index (χ4n) is 2.08. The van der Waals surface area contributed by atoms with Gasteiger partial charge in [0.15, 0.2) is 0 Å². The van der Waals surface area contributed by atoms with Crippen LogP contribution in [0.15, 0.2) is 52.3 Å². The molecular weight excluding hydrogens is 256 g/mol. The lowest BCUT2D eigenvalue weighted by Gasteiger charge is -2.08. The van der Waals surface area contributed by atoms with Crippen molar-refractivity contribution < 1.29 is 0 Å². The van der Waals surface area contributed by atoms with Crippen molar-refractivity contribution in [1.29, 1.82) is 0 Å². The first-order valence-electron chi connectivity index (χ1n) is 6.12. The van der Waals surface area contributed by atoms with Gasteiger partial charge in [-0.3, -0.25) is 24.8 Å². The lowest BCUT2D eigenvalue weighted by atomic mass is 10.1. The molecule has 6 nitrogen and oxygen atoms in total. The second-order valence-electron chi connectivity index (χ2n) is 4.35. The molecule has 0 radical (unpaired) electrons. The van der Waals surface area contributed by atoms with Crippen LogP contribution in [0.1, 0.15) is 5.56 Å². The number of fused-ring (bicyclic) bond motifs is 1. The molecule has 0 saturated carbocycles. The predicted molar refractivity (Wildman–Crippen MR) is 76.8 cm³/mol. The van der Waals surface area contributed by atoms with Gasteiger partial charge in [-0.25, -0.2) is 0 Å². The SMILES string of the molecule is O=c1[nH][nH]c(=O)c2c(NCc3cccnc3)cccc12. The Morgan fingerprint density at radius 2 is 1.90 bits per heavy atom. The smallest absolute Gasteiger partial charge is 0.272 e. The van der Waals surface area contributed by atoms with E-state index in [1.54, 1.807) is 30.6 Å². The quantitative estimate of drug-likeness (QED) is 0.666. The minimum Gasteiger partial charge on any atom is -0.380 e. The third-order valence-corrected chi connectivity index (χ3v) is 3.03. The summed E-state index contributed by atoms with van der Waals surface area (Å²) in [6.45, 7) is 0.527. The number of hydrogen-bond donors (Lipinski definition) is 3. The van der Waals surface area contributed by atoms with Gasteiger partial charge < -0.3 is 5.32 Å². The molecule has 0 amide bonds. The van der Waals surface area contributed by atoms with Crippen molar-refractivity contribution in [3.05, 3.63) is 69.0 Å². The second kappa shape index (κ2) is 5.00. The number of hydrogen-bond acceptors (Lipinski definition) is 4. The van der Waals surface area contributed by atoms with E-state index in [-0.39, 0.29) is 11.1 Å². The van der Waals surface area contributed by atoms with Gasteiger partial charge in [0.25, 0.3) is 11.1 Å². The van der Waals surface area contributed by atoms with Crippen LogP contribution in [0, 0.1) is 0 Å². The van der Waals surface area contributed by atoms with Gasteiger partial charge in [-0.15, -0.1) is 0 Å². The highest BCUT2D eigenvalue weighted by molar-refractivity contribution is 5.92. The molecule has 3 rings (SSSR count). The van der Waals surface area contributed by atoms with E-state index in [9.17, 15) is 9.59 Å². The number of nitrogens with one attached hydrogen (secondary N) is 3. The summed E-state index contributed by atoms with van der Waals surface area (Å²) < 4.78 is 0. The zero-order chi connectivity index (χ0) is 13.9. The molecule has 6 heteroatoms. The van der Waals surface area contributed by atoms with Gasteiger partial charge in [0.1, 0.15) is 0 Å². The Morgan fingerprint density at radius 1 is 1.05 bits per heavy atom. The maximum absolute atomic E-state index is 11.9. The van der Waals surface area contributed by atoms with E-state index < -0.39 is 0 Å². The van der Waals surface area contributed by atoms with Crippen LogP contribution >= 0.6 is 0 Å². The molecule has 2 heterocycles. The molecule has 0 aliphatic heterocycles. The minimum absolute atomic E-state index is 0.315. The summed E-state index contributed by atoms with van der Waals surface area (Å²) in [5, 5.41) is 8.53. The molecule has 0 unspecified atom stereocenters. The zero-order valence-corrected chi connectivity index (χ0v) is 10.5. The summed E-state index contributed by atoms with van der Waals surface area (Å²) in [5.74, 6) is 0. The molecule has 0 bridgehead atoms. The third kappa shape index (κ3) is 2.18. The Hall–Kier alpha value is -2.89. The van der Waals surface area contributed by atoms with Crippen molar-refractivity contribution in [2.75, 3.05) is 5.32 Å². The van der Waals surface area contributed by atoms with Crippen LogP contribution in [0.3, 0.4) is 0 Å². The van der Waals surface area contributed by atoms with Gasteiger partial charge >= 0.3 is 0 Å². The van der Waals surface area contributed by atoms with Crippen molar-refractivity contribution in [3.63, 3.8) is 0 Å². The van der Waals surface area contributed by atoms with Crippen LogP contribution in [0.25, 0.3) is 10.8 Å². The van der Waals surface area contributed by atoms with Gasteiger partial charge in [-0.2, -0.15) is 0 Å². The fraction of sp³-hybridized carbons (Fsp3) is 0.0714. The van der Waals surface area contributed by atoms with E-state index in [1.807, 2.05) is 12.1 Å². The summed E-state index contributed by atoms with van der Waals surface area (Å²) in [4.78, 5) is 27.6. The fourth-order valence-corrected chi connectivity index (χ4v) is 2.08. The maximum atomic E-state index is 11.9. The van der Waals surface area contributed by atoms with Crippen LogP contribution in [-0.2, 0) is 6.54 Å². The van der Waals surface area contributed by atoms with E-state index in [0.717, 1.165) is 5.56 Å². The Bertz CT molecular complexity index is 852. The molecular formula is C14H12N4O2. The first kappa shape index (κ1) is 12.2. The molecule has 0 atom stereocenters. The first-order valence-corrected chi connectivity index (χ1v) is 6.12. The molecule has 100 valence electrons. The largest absolute Gasteiger partial charge is 0.380 e. The standard InChI is InChI=1S/C14H12N4O2/c19-13-10-4-1-5-11(12(10)14(20)18-17-13)16-8-9-3-2-6-15-7-9/h1-7,16H,8H2,(H,17,19)(H,18,20). The van der Waals surface area contributed by atoms with Crippen molar-refractivity contribution in [2.45, 2.75) is 6.54 Å². The van der Waals surface area contributed by atoms with Crippen LogP contribution in [0.4, 0.5) is 5.69 Å². The van der Waals surface area contributed by atoms with Gasteiger partial charge in [0, 0.05) is 24.6 Å². The van der Waals surface area contributed by atoms with E-state index in [4.69, 9.17) is 0 Å². The van der Waals surface area contributed by atoms with E-state index in [2.05, 4.69) is 20.5 Å². The summed E-state index contributed by atoms with van der Waals surface area (Å²) in [6, 6.07) is 8.91. The second-order valence-corrected chi connectivity index (χ2v) is 4.35. The van der Waals surface area contributed by atoms with Crippen molar-refractivity contribution in [1.82, 2.24) is 15.2 Å². The number of rotatable bonds is 3. The van der Waals surface area contributed by atoms with E-state index in [0.29, 0.717) is 23.0 Å². The number of aromatic amines is 2. The molecule has 0 aliphatic rings. The Kier molecular flexibility index (Phi) is 3.04. The number of nitrogens with zero attached hydrogens (tertiary/aromatic N) is 1. The molecule has 0 fully saturated rings. The molecule has 3 N–H and O–H groups in total. The predicted octanol–water partition coefficient (Wildman–Crippen LogP) is 1.22. The highest BCUT2D eigenvalue weighted by atomic mass is 16.1. The molecule has 0 saturated heterocycles. The van der Waals surface area contributed by atoms with E-state index >= 15 is 0 Å². The molecule has 20 heavy (non-hydrogen) atoms. The van der Waals surface area contributed by atoms with Gasteiger partial charge in [-0.1, -0.05) is 12.1 Å². The van der Waals surface area contributed by atoms with Crippen LogP contribution in [-0.4, -0.2) is 15.2 Å². The molecule has 2 aromatic heterocycles. The first-order chi connectivity index (χ1) is 9.75. The van der Waals surface area contributed by atoms with Gasteiger partial charge in [0.05, 0.1) is 10.8 Å². The number of benzene rings is 1.